The molecule has 0 bridgehead atoms. The van der Waals surface area contributed by atoms with Crippen molar-refractivity contribution in [2.24, 2.45) is 0 Å². The van der Waals surface area contributed by atoms with Gasteiger partial charge >= 0.3 is 29.6 Å². The molecule has 15 heavy (non-hydrogen) atoms. The second-order valence-electron chi connectivity index (χ2n) is 2.30. The van der Waals surface area contributed by atoms with E-state index in [2.05, 4.69) is 15.5 Å². The van der Waals surface area contributed by atoms with Gasteiger partial charge in [-0.05, 0) is 5.69 Å². The van der Waals surface area contributed by atoms with Crippen LogP contribution in [0.25, 0.3) is 10.2 Å². The molecule has 1 rings (SSSR count). The summed E-state index contributed by atoms with van der Waals surface area (Å²) >= 11 is 4.74. The maximum absolute atomic E-state index is 8.21. The van der Waals surface area contributed by atoms with Crippen LogP contribution in [0.5, 0.6) is 0 Å². The van der Waals surface area contributed by atoms with Crippen molar-refractivity contribution in [1.29, 1.82) is 5.26 Å². The van der Waals surface area contributed by atoms with Gasteiger partial charge in [0.15, 0.2) is 5.69 Å². The Morgan fingerprint density at radius 3 is 2.53 bits per heavy atom. The van der Waals surface area contributed by atoms with Gasteiger partial charge in [0, 0.05) is 6.19 Å². The largest absolute Gasteiger partial charge is 1.00 e. The summed E-state index contributed by atoms with van der Waals surface area (Å²) in [5.74, 6) is 0. The van der Waals surface area contributed by atoms with Gasteiger partial charge in [0.1, 0.15) is 0 Å². The molecule has 0 unspecified atom stereocenters. The van der Waals surface area contributed by atoms with Gasteiger partial charge < -0.3 is 15.9 Å². The molecule has 4 nitrogen and oxygen atoms in total. The number of thiocarbonyl (C=S) groups is 1. The molecule has 0 aromatic heterocycles. The van der Waals surface area contributed by atoms with E-state index in [0.29, 0.717) is 11.4 Å². The van der Waals surface area contributed by atoms with Gasteiger partial charge in [-0.2, -0.15) is 0 Å². The van der Waals surface area contributed by atoms with Crippen molar-refractivity contribution in [3.8, 4) is 6.19 Å². The van der Waals surface area contributed by atoms with Crippen molar-refractivity contribution in [1.82, 2.24) is 0 Å². The second kappa shape index (κ2) is 7.22. The molecule has 0 heterocycles. The van der Waals surface area contributed by atoms with Gasteiger partial charge in [0.05, 0.1) is 11.7 Å². The number of hydrogen-bond donors (Lipinski definition) is 1. The number of nitrogens with one attached hydrogen (secondary N) is 1. The first-order valence-corrected chi connectivity index (χ1v) is 4.05. The quantitative estimate of drug-likeness (QED) is 0.311. The molecule has 0 atom stereocenters. The molecule has 0 radical (unpaired) electrons. The molecule has 0 amide bonds. The normalized spacial score (nSPS) is 7.60. The fourth-order valence-electron chi connectivity index (χ4n) is 0.816. The van der Waals surface area contributed by atoms with Crippen LogP contribution < -0.4 is 34.9 Å². The Bertz CT molecular complexity index is 415. The van der Waals surface area contributed by atoms with Crippen molar-refractivity contribution < 1.29 is 29.6 Å². The van der Waals surface area contributed by atoms with E-state index in [1.54, 1.807) is 30.5 Å². The van der Waals surface area contributed by atoms with Crippen LogP contribution in [-0.4, -0.2) is 5.11 Å². The summed E-state index contributed by atoms with van der Waals surface area (Å²) in [5.41, 5.74) is 1.26. The molecule has 1 aromatic rings. The van der Waals surface area contributed by atoms with Gasteiger partial charge in [0.2, 0.25) is 0 Å². The standard InChI is InChI=1S/C9H6N4S.Na/c1-11-7-2-4-8(5-3-7)13-9(14)12-6-10;/h2-5H,(H2,12,13,14);/q;+1/p-1. The van der Waals surface area contributed by atoms with E-state index in [1.165, 1.54) is 0 Å². The van der Waals surface area contributed by atoms with Crippen LogP contribution in [0.2, 0.25) is 0 Å². The predicted molar refractivity (Wildman–Crippen MR) is 57.9 cm³/mol. The number of nitriles is 1. The van der Waals surface area contributed by atoms with Gasteiger partial charge in [-0.3, -0.25) is 0 Å². The van der Waals surface area contributed by atoms with Crippen LogP contribution in [0, 0.1) is 18.0 Å². The molecule has 0 saturated heterocycles. The third kappa shape index (κ3) is 4.78. The van der Waals surface area contributed by atoms with E-state index < -0.39 is 0 Å². The van der Waals surface area contributed by atoms with Crippen LogP contribution >= 0.6 is 12.2 Å². The Balaban J connectivity index is 0.00000196. The minimum atomic E-state index is 0. The zero-order chi connectivity index (χ0) is 10.4. The summed E-state index contributed by atoms with van der Waals surface area (Å²) in [6.07, 6.45) is 1.58. The fraction of sp³-hybridized carbons (Fsp3) is 0. The first kappa shape index (κ1) is 13.9. The minimum absolute atomic E-state index is 0. The van der Waals surface area contributed by atoms with Gasteiger partial charge in [-0.25, -0.2) is 4.85 Å². The van der Waals surface area contributed by atoms with Crippen LogP contribution in [0.1, 0.15) is 0 Å². The molecule has 1 aromatic carbocycles. The summed E-state index contributed by atoms with van der Waals surface area (Å²) in [6.45, 7) is 6.74. The van der Waals surface area contributed by atoms with Crippen molar-refractivity contribution >= 4 is 28.7 Å². The van der Waals surface area contributed by atoms with Crippen molar-refractivity contribution in [2.75, 3.05) is 5.32 Å². The number of anilines is 1. The number of rotatable bonds is 1. The van der Waals surface area contributed by atoms with E-state index in [1.807, 2.05) is 0 Å². The Hall–Kier alpha value is -1.11. The molecule has 0 spiro atoms. The van der Waals surface area contributed by atoms with Crippen molar-refractivity contribution in [2.45, 2.75) is 0 Å². The minimum Gasteiger partial charge on any atom is -0.405 e. The number of hydrogen-bond acceptors (Lipinski definition) is 2. The van der Waals surface area contributed by atoms with E-state index in [9.17, 15) is 0 Å². The summed E-state index contributed by atoms with van der Waals surface area (Å²) in [6, 6.07) is 6.72. The average molecular weight is 224 g/mol. The fourth-order valence-corrected chi connectivity index (χ4v) is 0.975. The topological polar surface area (TPSA) is 54.3 Å². The predicted octanol–water partition coefficient (Wildman–Crippen LogP) is -0.207. The molecule has 0 saturated carbocycles. The van der Waals surface area contributed by atoms with Crippen LogP contribution in [0.3, 0.4) is 0 Å². The Morgan fingerprint density at radius 1 is 1.47 bits per heavy atom. The van der Waals surface area contributed by atoms with E-state index in [4.69, 9.17) is 24.1 Å². The Morgan fingerprint density at radius 2 is 2.07 bits per heavy atom. The summed E-state index contributed by atoms with van der Waals surface area (Å²) in [4.78, 5) is 3.24. The molecule has 0 aliphatic heterocycles. The molecule has 0 aliphatic carbocycles. The monoisotopic (exact) mass is 224 g/mol. The first-order chi connectivity index (χ1) is 6.76. The zero-order valence-electron chi connectivity index (χ0n) is 8.06. The third-order valence-electron chi connectivity index (χ3n) is 1.40. The average Bonchev–Trinajstić information content (AvgIpc) is 2.19. The Kier molecular flexibility index (Phi) is 6.68. The summed E-state index contributed by atoms with van der Waals surface area (Å²) < 4.78 is 0. The molecular formula is C9H5N4NaS. The molecule has 6 heteroatoms. The van der Waals surface area contributed by atoms with Crippen LogP contribution in [0.4, 0.5) is 11.4 Å². The smallest absolute Gasteiger partial charge is 0.405 e. The van der Waals surface area contributed by atoms with Crippen LogP contribution in [0.15, 0.2) is 24.3 Å². The summed E-state index contributed by atoms with van der Waals surface area (Å²) in [7, 11) is 0. The SMILES string of the molecule is [C-]#[N+]c1ccc(NC(=S)[N-]C#N)cc1.[Na+]. The second-order valence-corrected chi connectivity index (χ2v) is 2.69. The first-order valence-electron chi connectivity index (χ1n) is 3.64. The van der Waals surface area contributed by atoms with E-state index in [-0.39, 0.29) is 34.7 Å². The molecule has 0 aliphatic rings. The summed E-state index contributed by atoms with van der Waals surface area (Å²) in [5, 5.41) is 14.4. The molecule has 0 fully saturated rings. The molecule has 1 N–H and O–H groups in total. The molecular weight excluding hydrogens is 219 g/mol. The Labute approximate surface area is 115 Å². The molecule has 68 valence electrons. The van der Waals surface area contributed by atoms with Gasteiger partial charge in [0.25, 0.3) is 0 Å². The number of benzene rings is 1. The maximum Gasteiger partial charge on any atom is 1.00 e. The third-order valence-corrected chi connectivity index (χ3v) is 1.59. The van der Waals surface area contributed by atoms with Gasteiger partial charge in [-0.1, -0.05) is 36.5 Å². The van der Waals surface area contributed by atoms with E-state index >= 15 is 0 Å². The van der Waals surface area contributed by atoms with Crippen molar-refractivity contribution in [3.63, 3.8) is 0 Å². The van der Waals surface area contributed by atoms with Crippen LogP contribution in [-0.2, 0) is 0 Å². The zero-order valence-corrected chi connectivity index (χ0v) is 10.9. The van der Waals surface area contributed by atoms with Gasteiger partial charge in [-0.15, -0.1) is 0 Å². The van der Waals surface area contributed by atoms with Crippen molar-refractivity contribution in [3.05, 3.63) is 41.0 Å². The maximum atomic E-state index is 8.21. The number of nitrogens with zero attached hydrogens (tertiary/aromatic N) is 3. The van der Waals surface area contributed by atoms with E-state index in [0.717, 1.165) is 0 Å².